The van der Waals surface area contributed by atoms with Gasteiger partial charge in [0.15, 0.2) is 12.4 Å². The molecule has 1 heterocycles. The summed E-state index contributed by atoms with van der Waals surface area (Å²) in [5.41, 5.74) is 0.468. The minimum atomic E-state index is -4.39. The van der Waals surface area contributed by atoms with E-state index in [2.05, 4.69) is 4.74 Å². The van der Waals surface area contributed by atoms with Crippen LogP contribution < -0.4 is 9.64 Å². The number of hydrogen-bond acceptors (Lipinski definition) is 3. The van der Waals surface area contributed by atoms with Gasteiger partial charge in [-0.1, -0.05) is 0 Å². The topological polar surface area (TPSA) is 46.6 Å². The van der Waals surface area contributed by atoms with Gasteiger partial charge in [-0.15, -0.1) is 0 Å². The SMILES string of the molecule is O=C1CC(=O)N(c2ccc(OCC(F)(F)F)cc2)C1. The van der Waals surface area contributed by atoms with Crippen LogP contribution >= 0.6 is 0 Å². The highest BCUT2D eigenvalue weighted by atomic mass is 19.4. The van der Waals surface area contributed by atoms with E-state index in [1.165, 1.54) is 29.2 Å². The average Bonchev–Trinajstić information content (AvgIpc) is 2.66. The minimum absolute atomic E-state index is 0.00158. The standard InChI is InChI=1S/C12H10F3NO3/c13-12(14,15)7-19-10-3-1-8(2-4-10)16-6-9(17)5-11(16)18/h1-4H,5-7H2. The molecule has 19 heavy (non-hydrogen) atoms. The molecule has 1 saturated heterocycles. The second kappa shape index (κ2) is 4.91. The molecule has 0 spiro atoms. The summed E-state index contributed by atoms with van der Waals surface area (Å²) >= 11 is 0. The maximum Gasteiger partial charge on any atom is 0.422 e. The van der Waals surface area contributed by atoms with E-state index in [1.54, 1.807) is 0 Å². The summed E-state index contributed by atoms with van der Waals surface area (Å²) in [4.78, 5) is 23.8. The Morgan fingerprint density at radius 3 is 2.26 bits per heavy atom. The molecule has 0 N–H and O–H groups in total. The highest BCUT2D eigenvalue weighted by Crippen LogP contribution is 2.24. The smallest absolute Gasteiger partial charge is 0.422 e. The largest absolute Gasteiger partial charge is 0.484 e. The lowest BCUT2D eigenvalue weighted by atomic mass is 10.3. The Balaban J connectivity index is 2.02. The number of anilines is 1. The number of halogens is 3. The molecule has 0 unspecified atom stereocenters. The number of rotatable bonds is 3. The molecule has 1 fully saturated rings. The Morgan fingerprint density at radius 2 is 1.79 bits per heavy atom. The van der Waals surface area contributed by atoms with Crippen molar-refractivity contribution in [1.82, 2.24) is 0 Å². The molecular weight excluding hydrogens is 263 g/mol. The van der Waals surface area contributed by atoms with Crippen molar-refractivity contribution in [2.45, 2.75) is 12.6 Å². The quantitative estimate of drug-likeness (QED) is 0.791. The van der Waals surface area contributed by atoms with E-state index in [0.717, 1.165) is 0 Å². The first kappa shape index (κ1) is 13.4. The summed E-state index contributed by atoms with van der Waals surface area (Å²) in [6, 6.07) is 5.55. The molecule has 0 atom stereocenters. The molecule has 4 nitrogen and oxygen atoms in total. The van der Waals surface area contributed by atoms with Crippen molar-refractivity contribution in [2.75, 3.05) is 18.1 Å². The summed E-state index contributed by atoms with van der Waals surface area (Å²) in [6.07, 6.45) is -4.53. The number of benzene rings is 1. The molecule has 0 saturated carbocycles. The van der Waals surface area contributed by atoms with Crippen molar-refractivity contribution in [3.63, 3.8) is 0 Å². The van der Waals surface area contributed by atoms with Gasteiger partial charge in [0.05, 0.1) is 13.0 Å². The second-order valence-corrected chi connectivity index (χ2v) is 4.09. The molecule has 0 aliphatic carbocycles. The van der Waals surface area contributed by atoms with Crippen molar-refractivity contribution >= 4 is 17.4 Å². The molecule has 102 valence electrons. The van der Waals surface area contributed by atoms with E-state index < -0.39 is 12.8 Å². The van der Waals surface area contributed by atoms with E-state index in [9.17, 15) is 22.8 Å². The Hall–Kier alpha value is -2.05. The molecule has 1 aliphatic heterocycles. The van der Waals surface area contributed by atoms with Crippen LogP contribution in [0.25, 0.3) is 0 Å². The first-order valence-corrected chi connectivity index (χ1v) is 5.47. The summed E-state index contributed by atoms with van der Waals surface area (Å²) in [6.45, 7) is -1.37. The van der Waals surface area contributed by atoms with Crippen molar-refractivity contribution in [1.29, 1.82) is 0 Å². The van der Waals surface area contributed by atoms with Gasteiger partial charge in [-0.25, -0.2) is 0 Å². The Labute approximate surface area is 106 Å². The number of carbonyl (C=O) groups is 2. The van der Waals surface area contributed by atoms with Crippen molar-refractivity contribution in [3.8, 4) is 5.75 Å². The van der Waals surface area contributed by atoms with Crippen molar-refractivity contribution in [3.05, 3.63) is 24.3 Å². The monoisotopic (exact) mass is 273 g/mol. The van der Waals surface area contributed by atoms with Crippen LogP contribution in [0.3, 0.4) is 0 Å². The van der Waals surface area contributed by atoms with Gasteiger partial charge in [0.2, 0.25) is 5.91 Å². The third-order valence-corrected chi connectivity index (χ3v) is 2.53. The molecule has 7 heteroatoms. The Morgan fingerprint density at radius 1 is 1.16 bits per heavy atom. The van der Waals surface area contributed by atoms with Gasteiger partial charge >= 0.3 is 6.18 Å². The zero-order valence-corrected chi connectivity index (χ0v) is 9.74. The van der Waals surface area contributed by atoms with E-state index in [0.29, 0.717) is 5.69 Å². The van der Waals surface area contributed by atoms with Crippen LogP contribution in [0.15, 0.2) is 24.3 Å². The fourth-order valence-electron chi connectivity index (χ4n) is 1.71. The van der Waals surface area contributed by atoms with Gasteiger partial charge in [0.25, 0.3) is 0 Å². The first-order valence-electron chi connectivity index (χ1n) is 5.47. The maximum absolute atomic E-state index is 11.9. The van der Waals surface area contributed by atoms with Gasteiger partial charge in [-0.3, -0.25) is 9.59 Å². The van der Waals surface area contributed by atoms with E-state index in [4.69, 9.17) is 0 Å². The number of amides is 1. The predicted octanol–water partition coefficient (Wildman–Crippen LogP) is 1.93. The summed E-state index contributed by atoms with van der Waals surface area (Å²) < 4.78 is 40.4. The summed E-state index contributed by atoms with van der Waals surface area (Å²) in [5.74, 6) is -0.435. The molecule has 1 amide bonds. The fourth-order valence-corrected chi connectivity index (χ4v) is 1.71. The Kier molecular flexibility index (Phi) is 3.46. The van der Waals surface area contributed by atoms with E-state index >= 15 is 0 Å². The average molecular weight is 273 g/mol. The van der Waals surface area contributed by atoms with Crippen LogP contribution in [0, 0.1) is 0 Å². The lowest BCUT2D eigenvalue weighted by molar-refractivity contribution is -0.153. The van der Waals surface area contributed by atoms with Gasteiger partial charge in [-0.05, 0) is 24.3 Å². The Bertz CT molecular complexity index is 496. The predicted molar refractivity (Wildman–Crippen MR) is 60.0 cm³/mol. The maximum atomic E-state index is 11.9. The number of ketones is 1. The van der Waals surface area contributed by atoms with Gasteiger partial charge in [0.1, 0.15) is 5.75 Å². The lowest BCUT2D eigenvalue weighted by Gasteiger charge is -2.15. The molecule has 0 bridgehead atoms. The molecule has 0 aromatic heterocycles. The molecular formula is C12H10F3NO3. The molecule has 1 aromatic rings. The van der Waals surface area contributed by atoms with Crippen LogP contribution in [0.5, 0.6) is 5.75 Å². The number of hydrogen-bond donors (Lipinski definition) is 0. The van der Waals surface area contributed by atoms with Crippen LogP contribution in [0.1, 0.15) is 6.42 Å². The molecule has 1 aromatic carbocycles. The number of ether oxygens (including phenoxy) is 1. The molecule has 2 rings (SSSR count). The number of alkyl halides is 3. The number of nitrogens with zero attached hydrogens (tertiary/aromatic N) is 1. The van der Waals surface area contributed by atoms with Gasteiger partial charge < -0.3 is 9.64 Å². The minimum Gasteiger partial charge on any atom is -0.484 e. The highest BCUT2D eigenvalue weighted by molar-refractivity contribution is 6.15. The van der Waals surface area contributed by atoms with Crippen LogP contribution in [-0.4, -0.2) is 31.0 Å². The van der Waals surface area contributed by atoms with Crippen LogP contribution in [-0.2, 0) is 9.59 Å². The summed E-state index contributed by atoms with van der Waals surface area (Å²) in [7, 11) is 0. The normalized spacial score (nSPS) is 16.1. The van der Waals surface area contributed by atoms with Crippen molar-refractivity contribution in [2.24, 2.45) is 0 Å². The lowest BCUT2D eigenvalue weighted by Crippen LogP contribution is -2.24. The third kappa shape index (κ3) is 3.46. The molecule has 0 radical (unpaired) electrons. The summed E-state index contributed by atoms with van der Waals surface area (Å²) in [5, 5.41) is 0. The van der Waals surface area contributed by atoms with Crippen LogP contribution in [0.2, 0.25) is 0 Å². The van der Waals surface area contributed by atoms with E-state index in [-0.39, 0.29) is 30.4 Å². The van der Waals surface area contributed by atoms with Gasteiger partial charge in [-0.2, -0.15) is 13.2 Å². The zero-order chi connectivity index (χ0) is 14.0. The number of carbonyl (C=O) groups excluding carboxylic acids is 2. The number of Topliss-reactive ketones (excluding diaryl/α,β-unsaturated/α-hetero) is 1. The molecule has 1 aliphatic rings. The second-order valence-electron chi connectivity index (χ2n) is 4.09. The zero-order valence-electron chi connectivity index (χ0n) is 9.74. The van der Waals surface area contributed by atoms with Crippen molar-refractivity contribution < 1.29 is 27.5 Å². The fraction of sp³-hybridized carbons (Fsp3) is 0.333. The first-order chi connectivity index (χ1) is 8.85. The highest BCUT2D eigenvalue weighted by Gasteiger charge is 2.29. The van der Waals surface area contributed by atoms with E-state index in [1.807, 2.05) is 0 Å². The van der Waals surface area contributed by atoms with Crippen LogP contribution in [0.4, 0.5) is 18.9 Å². The van der Waals surface area contributed by atoms with Gasteiger partial charge in [0, 0.05) is 5.69 Å². The third-order valence-electron chi connectivity index (χ3n) is 2.53.